The van der Waals surface area contributed by atoms with E-state index in [-0.39, 0.29) is 0 Å². The Morgan fingerprint density at radius 2 is 1.90 bits per heavy atom. The molecular weight excluding hydrogens is 332 g/mol. The summed E-state index contributed by atoms with van der Waals surface area (Å²) in [5, 5.41) is 10.1. The van der Waals surface area contributed by atoms with Crippen LogP contribution in [0, 0.1) is 0 Å². The summed E-state index contributed by atoms with van der Waals surface area (Å²) in [6.45, 7) is 1.75. The smallest absolute Gasteiger partial charge is 0.137 e. The van der Waals surface area contributed by atoms with Gasteiger partial charge >= 0.3 is 0 Å². The molecule has 5 heteroatoms. The lowest BCUT2D eigenvalue weighted by Crippen LogP contribution is -1.99. The average molecular weight is 347 g/mol. The largest absolute Gasteiger partial charge is 0.497 e. The van der Waals surface area contributed by atoms with Crippen molar-refractivity contribution in [2.45, 2.75) is 13.0 Å². The van der Waals surface area contributed by atoms with Gasteiger partial charge in [-0.3, -0.25) is 4.40 Å². The maximum atomic E-state index is 10.1. The van der Waals surface area contributed by atoms with Crippen molar-refractivity contribution in [1.29, 1.82) is 0 Å². The SMILES string of the molecule is COc1ccc(-c2nc3ccc(Br)cn3c2C(C)O)cc1. The number of hydrogen-bond donors (Lipinski definition) is 1. The first-order valence-electron chi connectivity index (χ1n) is 6.60. The lowest BCUT2D eigenvalue weighted by molar-refractivity contribution is 0.194. The Labute approximate surface area is 131 Å². The van der Waals surface area contributed by atoms with Crippen molar-refractivity contribution in [3.05, 3.63) is 52.8 Å². The van der Waals surface area contributed by atoms with Gasteiger partial charge in [-0.05, 0) is 59.3 Å². The van der Waals surface area contributed by atoms with Gasteiger partial charge in [-0.1, -0.05) is 0 Å². The third-order valence-electron chi connectivity index (χ3n) is 3.38. The summed E-state index contributed by atoms with van der Waals surface area (Å²) in [6, 6.07) is 11.5. The first-order valence-corrected chi connectivity index (χ1v) is 7.39. The van der Waals surface area contributed by atoms with Gasteiger partial charge in [0.05, 0.1) is 24.6 Å². The zero-order valence-electron chi connectivity index (χ0n) is 11.7. The molecule has 3 rings (SSSR count). The Morgan fingerprint density at radius 1 is 1.19 bits per heavy atom. The highest BCUT2D eigenvalue weighted by atomic mass is 79.9. The number of fused-ring (bicyclic) bond motifs is 1. The van der Waals surface area contributed by atoms with Crippen LogP contribution in [0.25, 0.3) is 16.9 Å². The third-order valence-corrected chi connectivity index (χ3v) is 3.85. The van der Waals surface area contributed by atoms with Crippen LogP contribution in [0.3, 0.4) is 0 Å². The second-order valence-corrected chi connectivity index (χ2v) is 5.74. The predicted molar refractivity (Wildman–Crippen MR) is 85.5 cm³/mol. The van der Waals surface area contributed by atoms with Crippen molar-refractivity contribution in [2.24, 2.45) is 0 Å². The zero-order chi connectivity index (χ0) is 15.0. The topological polar surface area (TPSA) is 46.8 Å². The third kappa shape index (κ3) is 2.54. The lowest BCUT2D eigenvalue weighted by atomic mass is 10.1. The van der Waals surface area contributed by atoms with Gasteiger partial charge in [0.15, 0.2) is 0 Å². The van der Waals surface area contributed by atoms with Gasteiger partial charge in [0.2, 0.25) is 0 Å². The van der Waals surface area contributed by atoms with Gasteiger partial charge in [-0.25, -0.2) is 4.98 Å². The fourth-order valence-electron chi connectivity index (χ4n) is 2.40. The normalized spacial score (nSPS) is 12.6. The van der Waals surface area contributed by atoms with E-state index >= 15 is 0 Å². The second-order valence-electron chi connectivity index (χ2n) is 4.83. The van der Waals surface area contributed by atoms with E-state index in [9.17, 15) is 5.11 Å². The molecule has 0 saturated carbocycles. The van der Waals surface area contributed by atoms with E-state index in [2.05, 4.69) is 20.9 Å². The molecule has 1 aromatic carbocycles. The van der Waals surface area contributed by atoms with E-state index in [1.165, 1.54) is 0 Å². The summed E-state index contributed by atoms with van der Waals surface area (Å²) in [7, 11) is 1.64. The van der Waals surface area contributed by atoms with Crippen molar-refractivity contribution < 1.29 is 9.84 Å². The van der Waals surface area contributed by atoms with Crippen LogP contribution in [0.15, 0.2) is 47.1 Å². The molecule has 3 aromatic rings. The van der Waals surface area contributed by atoms with Crippen molar-refractivity contribution in [3.8, 4) is 17.0 Å². The number of imidazole rings is 1. The molecule has 0 amide bonds. The zero-order valence-corrected chi connectivity index (χ0v) is 13.3. The van der Waals surface area contributed by atoms with Crippen LogP contribution < -0.4 is 4.74 Å². The molecule has 1 unspecified atom stereocenters. The van der Waals surface area contributed by atoms with Crippen LogP contribution in [0.1, 0.15) is 18.7 Å². The monoisotopic (exact) mass is 346 g/mol. The molecule has 0 fully saturated rings. The van der Waals surface area contributed by atoms with E-state index < -0.39 is 6.10 Å². The van der Waals surface area contributed by atoms with Crippen LogP contribution in [0.4, 0.5) is 0 Å². The Bertz CT molecular complexity index is 779. The minimum absolute atomic E-state index is 0.619. The average Bonchev–Trinajstić information content (AvgIpc) is 2.86. The van der Waals surface area contributed by atoms with Crippen LogP contribution in [0.2, 0.25) is 0 Å². The number of halogens is 1. The molecule has 0 bridgehead atoms. The van der Waals surface area contributed by atoms with E-state index in [1.807, 2.05) is 47.0 Å². The molecular formula is C16H15BrN2O2. The Hall–Kier alpha value is -1.85. The van der Waals surface area contributed by atoms with Crippen molar-refractivity contribution in [3.63, 3.8) is 0 Å². The van der Waals surface area contributed by atoms with E-state index in [0.29, 0.717) is 0 Å². The molecule has 0 aliphatic carbocycles. The minimum Gasteiger partial charge on any atom is -0.497 e. The molecule has 1 atom stereocenters. The molecule has 0 aliphatic heterocycles. The number of pyridine rings is 1. The molecule has 108 valence electrons. The summed E-state index contributed by atoms with van der Waals surface area (Å²) in [5.41, 5.74) is 3.31. The molecule has 0 saturated heterocycles. The van der Waals surface area contributed by atoms with Gasteiger partial charge in [-0.2, -0.15) is 0 Å². The standard InChI is InChI=1S/C16H15BrN2O2/c1-10(20)16-15(11-3-6-13(21-2)7-4-11)18-14-8-5-12(17)9-19(14)16/h3-10,20H,1-2H3. The van der Waals surface area contributed by atoms with Crippen molar-refractivity contribution >= 4 is 21.6 Å². The number of aliphatic hydroxyl groups excluding tert-OH is 1. The summed E-state index contributed by atoms with van der Waals surface area (Å²) in [5.74, 6) is 0.795. The fraction of sp³-hybridized carbons (Fsp3) is 0.188. The molecule has 2 heterocycles. The lowest BCUT2D eigenvalue weighted by Gasteiger charge is -2.08. The summed E-state index contributed by atoms with van der Waals surface area (Å²) >= 11 is 3.45. The highest BCUT2D eigenvalue weighted by molar-refractivity contribution is 9.10. The van der Waals surface area contributed by atoms with Gasteiger partial charge in [-0.15, -0.1) is 0 Å². The summed E-state index contributed by atoms with van der Waals surface area (Å²) in [4.78, 5) is 4.64. The molecule has 21 heavy (non-hydrogen) atoms. The second kappa shape index (κ2) is 5.50. The van der Waals surface area contributed by atoms with Crippen LogP contribution in [-0.2, 0) is 0 Å². The maximum Gasteiger partial charge on any atom is 0.137 e. The molecule has 1 N–H and O–H groups in total. The number of aliphatic hydroxyl groups is 1. The number of aromatic nitrogens is 2. The first-order chi connectivity index (χ1) is 10.1. The van der Waals surface area contributed by atoms with E-state index in [4.69, 9.17) is 4.74 Å². The molecule has 2 aromatic heterocycles. The number of ether oxygens (including phenoxy) is 1. The molecule has 0 aliphatic rings. The highest BCUT2D eigenvalue weighted by Gasteiger charge is 2.18. The minimum atomic E-state index is -0.619. The number of hydrogen-bond acceptors (Lipinski definition) is 3. The first kappa shape index (κ1) is 14.1. The highest BCUT2D eigenvalue weighted by Crippen LogP contribution is 2.30. The summed E-state index contributed by atoms with van der Waals surface area (Å²) < 4.78 is 8.03. The van der Waals surface area contributed by atoms with Crippen molar-refractivity contribution in [1.82, 2.24) is 9.38 Å². The van der Waals surface area contributed by atoms with Gasteiger partial charge < -0.3 is 9.84 Å². The number of nitrogens with zero attached hydrogens (tertiary/aromatic N) is 2. The van der Waals surface area contributed by atoms with E-state index in [1.54, 1.807) is 14.0 Å². The quantitative estimate of drug-likeness (QED) is 0.783. The fourth-order valence-corrected chi connectivity index (χ4v) is 2.73. The Morgan fingerprint density at radius 3 is 2.52 bits per heavy atom. The number of benzene rings is 1. The summed E-state index contributed by atoms with van der Waals surface area (Å²) in [6.07, 6.45) is 1.30. The van der Waals surface area contributed by atoms with E-state index in [0.717, 1.165) is 32.8 Å². The maximum absolute atomic E-state index is 10.1. The molecule has 4 nitrogen and oxygen atoms in total. The Balaban J connectivity index is 2.23. The van der Waals surface area contributed by atoms with Gasteiger partial charge in [0.1, 0.15) is 11.4 Å². The van der Waals surface area contributed by atoms with Crippen LogP contribution in [0.5, 0.6) is 5.75 Å². The van der Waals surface area contributed by atoms with Gasteiger partial charge in [0, 0.05) is 16.2 Å². The molecule has 0 radical (unpaired) electrons. The van der Waals surface area contributed by atoms with Crippen molar-refractivity contribution in [2.75, 3.05) is 7.11 Å². The number of methoxy groups -OCH3 is 1. The number of rotatable bonds is 3. The predicted octanol–water partition coefficient (Wildman–Crippen LogP) is 3.83. The Kier molecular flexibility index (Phi) is 3.69. The van der Waals surface area contributed by atoms with Crippen LogP contribution in [-0.4, -0.2) is 21.6 Å². The van der Waals surface area contributed by atoms with Crippen LogP contribution >= 0.6 is 15.9 Å². The molecule has 0 spiro atoms. The van der Waals surface area contributed by atoms with Gasteiger partial charge in [0.25, 0.3) is 0 Å².